The van der Waals surface area contributed by atoms with Gasteiger partial charge >= 0.3 is 0 Å². The molecule has 10 heteroatoms. The van der Waals surface area contributed by atoms with Crippen LogP contribution >= 0.6 is 0 Å². The maximum absolute atomic E-state index is 13.8. The summed E-state index contributed by atoms with van der Waals surface area (Å²) in [6, 6.07) is 2.93. The molecule has 31 heavy (non-hydrogen) atoms. The molecule has 3 heterocycles. The zero-order valence-electron chi connectivity index (χ0n) is 16.4. The summed E-state index contributed by atoms with van der Waals surface area (Å²) in [5.41, 5.74) is -1.72. The summed E-state index contributed by atoms with van der Waals surface area (Å²) >= 11 is 0. The van der Waals surface area contributed by atoms with Gasteiger partial charge in [0, 0.05) is 30.9 Å². The van der Waals surface area contributed by atoms with Crippen molar-refractivity contribution in [2.24, 2.45) is 0 Å². The lowest BCUT2D eigenvalue weighted by atomic mass is 10.1. The number of pyridine rings is 1. The van der Waals surface area contributed by atoms with Gasteiger partial charge in [0.2, 0.25) is 5.43 Å². The van der Waals surface area contributed by atoms with Crippen LogP contribution in [-0.2, 0) is 17.8 Å². The molecular weight excluding hydrogens is 412 g/mol. The zero-order valence-corrected chi connectivity index (χ0v) is 16.4. The number of rotatable bonds is 3. The molecule has 3 aliphatic rings. The van der Waals surface area contributed by atoms with Crippen LogP contribution in [0, 0.1) is 11.6 Å². The number of nitrogens with one attached hydrogen (secondary N) is 1. The number of hydrogen-bond acceptors (Lipinski definition) is 5. The molecule has 5 rings (SSSR count). The van der Waals surface area contributed by atoms with E-state index in [1.807, 2.05) is 0 Å². The van der Waals surface area contributed by atoms with Gasteiger partial charge in [0.05, 0.1) is 12.1 Å². The Labute approximate surface area is 175 Å². The Morgan fingerprint density at radius 3 is 2.74 bits per heavy atom. The highest BCUT2D eigenvalue weighted by Gasteiger charge is 2.52. The first-order valence-electron chi connectivity index (χ1n) is 9.95. The van der Waals surface area contributed by atoms with Crippen molar-refractivity contribution in [1.29, 1.82) is 0 Å². The lowest BCUT2D eigenvalue weighted by Gasteiger charge is -2.43. The lowest BCUT2D eigenvalue weighted by molar-refractivity contribution is -0.147. The molecule has 1 aliphatic carbocycles. The fourth-order valence-corrected chi connectivity index (χ4v) is 4.17. The van der Waals surface area contributed by atoms with E-state index in [2.05, 4.69) is 5.32 Å². The van der Waals surface area contributed by atoms with E-state index in [9.17, 15) is 28.3 Å². The summed E-state index contributed by atoms with van der Waals surface area (Å²) in [7, 11) is 0. The number of fused-ring (bicyclic) bond motifs is 2. The Morgan fingerprint density at radius 2 is 2.03 bits per heavy atom. The Morgan fingerprint density at radius 1 is 1.26 bits per heavy atom. The van der Waals surface area contributed by atoms with Gasteiger partial charge in [0.1, 0.15) is 17.2 Å². The van der Waals surface area contributed by atoms with Crippen LogP contribution in [0.3, 0.4) is 0 Å². The molecule has 2 N–H and O–H groups in total. The molecule has 0 radical (unpaired) electrons. The molecule has 1 saturated carbocycles. The minimum absolute atomic E-state index is 0.0354. The molecule has 0 bridgehead atoms. The van der Waals surface area contributed by atoms with E-state index in [4.69, 9.17) is 4.74 Å². The highest BCUT2D eigenvalue weighted by atomic mass is 19.1. The number of ether oxygens (including phenoxy) is 1. The van der Waals surface area contributed by atoms with Gasteiger partial charge in [-0.2, -0.15) is 0 Å². The van der Waals surface area contributed by atoms with E-state index in [-0.39, 0.29) is 35.5 Å². The van der Waals surface area contributed by atoms with Crippen LogP contribution in [0.25, 0.3) is 0 Å². The topological polar surface area (TPSA) is 101 Å². The van der Waals surface area contributed by atoms with Crippen LogP contribution < -0.4 is 10.7 Å². The van der Waals surface area contributed by atoms with Crippen molar-refractivity contribution in [1.82, 2.24) is 14.8 Å². The lowest BCUT2D eigenvalue weighted by Crippen LogP contribution is -2.56. The molecule has 1 saturated heterocycles. The van der Waals surface area contributed by atoms with Gasteiger partial charge in [-0.3, -0.25) is 14.4 Å². The molecule has 1 unspecified atom stereocenters. The number of halogens is 2. The quantitative estimate of drug-likeness (QED) is 0.767. The Balaban J connectivity index is 1.42. The van der Waals surface area contributed by atoms with Crippen LogP contribution in [0.5, 0.6) is 5.75 Å². The third-order valence-corrected chi connectivity index (χ3v) is 6.12. The first kappa shape index (κ1) is 19.7. The maximum Gasteiger partial charge on any atom is 0.276 e. The molecular formula is C21H19F2N3O5. The minimum Gasteiger partial charge on any atom is -0.503 e. The zero-order chi connectivity index (χ0) is 21.9. The van der Waals surface area contributed by atoms with Gasteiger partial charge < -0.3 is 24.6 Å². The number of nitrogens with zero attached hydrogens (tertiary/aromatic N) is 2. The fourth-order valence-electron chi connectivity index (χ4n) is 4.17. The predicted octanol–water partition coefficient (Wildman–Crippen LogP) is 1.50. The number of carbonyl (C=O) groups is 2. The van der Waals surface area contributed by atoms with Crippen molar-refractivity contribution in [2.75, 3.05) is 6.54 Å². The normalized spacial score (nSPS) is 20.9. The summed E-state index contributed by atoms with van der Waals surface area (Å²) in [6.07, 6.45) is 3.24. The van der Waals surface area contributed by atoms with E-state index in [1.165, 1.54) is 21.7 Å². The number of benzene rings is 1. The van der Waals surface area contributed by atoms with Gasteiger partial charge in [-0.05, 0) is 25.3 Å². The van der Waals surface area contributed by atoms with Gasteiger partial charge in [0.25, 0.3) is 11.8 Å². The van der Waals surface area contributed by atoms with Gasteiger partial charge in [-0.1, -0.05) is 6.07 Å². The monoisotopic (exact) mass is 431 g/mol. The van der Waals surface area contributed by atoms with Crippen LogP contribution in [0.2, 0.25) is 0 Å². The summed E-state index contributed by atoms with van der Waals surface area (Å²) < 4.78 is 34.2. The molecule has 2 aromatic rings. The van der Waals surface area contributed by atoms with E-state index < -0.39 is 40.9 Å². The average Bonchev–Trinajstić information content (AvgIpc) is 3.47. The van der Waals surface area contributed by atoms with E-state index in [0.29, 0.717) is 19.0 Å². The molecule has 1 aromatic carbocycles. The Hall–Kier alpha value is -3.27. The van der Waals surface area contributed by atoms with E-state index >= 15 is 0 Å². The first-order chi connectivity index (χ1) is 14.8. The maximum atomic E-state index is 13.8. The van der Waals surface area contributed by atoms with Crippen molar-refractivity contribution >= 4 is 11.8 Å². The van der Waals surface area contributed by atoms with Crippen LogP contribution in [0.4, 0.5) is 8.78 Å². The Bertz CT molecular complexity index is 1170. The average molecular weight is 431 g/mol. The molecule has 2 aliphatic heterocycles. The smallest absolute Gasteiger partial charge is 0.276 e. The van der Waals surface area contributed by atoms with Gasteiger partial charge in [0.15, 0.2) is 17.7 Å². The molecule has 1 aromatic heterocycles. The molecule has 8 nitrogen and oxygen atoms in total. The highest BCUT2D eigenvalue weighted by molar-refractivity contribution is 5.99. The van der Waals surface area contributed by atoms with Crippen molar-refractivity contribution in [3.8, 4) is 5.75 Å². The van der Waals surface area contributed by atoms with Crippen molar-refractivity contribution in [3.05, 3.63) is 63.1 Å². The first-order valence-corrected chi connectivity index (χ1v) is 9.95. The number of aromatic nitrogens is 1. The van der Waals surface area contributed by atoms with Crippen LogP contribution in [0.15, 0.2) is 29.2 Å². The van der Waals surface area contributed by atoms with Crippen LogP contribution in [-0.4, -0.2) is 44.8 Å². The van der Waals surface area contributed by atoms with Crippen molar-refractivity contribution in [2.45, 2.75) is 44.2 Å². The summed E-state index contributed by atoms with van der Waals surface area (Å²) in [5.74, 6) is -3.77. The molecule has 1 spiro atoms. The molecule has 2 amide bonds. The number of amides is 2. The summed E-state index contributed by atoms with van der Waals surface area (Å²) in [6.45, 7) is 0.361. The molecule has 162 valence electrons. The van der Waals surface area contributed by atoms with Crippen LogP contribution in [0.1, 0.15) is 45.7 Å². The third-order valence-electron chi connectivity index (χ3n) is 6.12. The van der Waals surface area contributed by atoms with Crippen molar-refractivity contribution < 1.29 is 28.2 Å². The van der Waals surface area contributed by atoms with Gasteiger partial charge in [-0.15, -0.1) is 0 Å². The second-order valence-corrected chi connectivity index (χ2v) is 8.14. The standard InChI is InChI=1S/C21H19F2N3O5/c22-12-2-1-11(14(23)7-12)8-24-19(29)13-9-25-10-15-26(6-5-21(31-15)3-4-21)20(30)16(25)18(28)17(13)27/h1-2,7,9,15,28H,3-6,8,10H2,(H,24,29). The summed E-state index contributed by atoms with van der Waals surface area (Å²) in [4.78, 5) is 39.5. The second-order valence-electron chi connectivity index (χ2n) is 8.14. The number of aromatic hydroxyl groups is 1. The molecule has 1 atom stereocenters. The third kappa shape index (κ3) is 3.27. The largest absolute Gasteiger partial charge is 0.503 e. The molecule has 2 fully saturated rings. The van der Waals surface area contributed by atoms with E-state index in [0.717, 1.165) is 18.9 Å². The minimum atomic E-state index is -0.994. The fraction of sp³-hybridized carbons (Fsp3) is 0.381. The SMILES string of the molecule is O=C(NCc1ccc(F)cc1F)c1cn2c(c(O)c1=O)C(=O)N1CCC3(CC3)OC1C2. The number of hydrogen-bond donors (Lipinski definition) is 2. The predicted molar refractivity (Wildman–Crippen MR) is 102 cm³/mol. The Kier molecular flexibility index (Phi) is 4.37. The van der Waals surface area contributed by atoms with Gasteiger partial charge in [-0.25, -0.2) is 8.78 Å². The number of carbonyl (C=O) groups excluding carboxylic acids is 2. The van der Waals surface area contributed by atoms with Crippen molar-refractivity contribution in [3.63, 3.8) is 0 Å². The highest BCUT2D eigenvalue weighted by Crippen LogP contribution is 2.47. The summed E-state index contributed by atoms with van der Waals surface area (Å²) in [5, 5.41) is 12.8. The second kappa shape index (κ2) is 6.88. The van der Waals surface area contributed by atoms with E-state index in [1.54, 1.807) is 0 Å².